The molecule has 0 atom stereocenters. The second kappa shape index (κ2) is 12.5. The molecule has 0 aliphatic carbocycles. The largest absolute Gasteiger partial charge is 0.504 e. The first-order valence-corrected chi connectivity index (χ1v) is 13.9. The van der Waals surface area contributed by atoms with E-state index in [-0.39, 0.29) is 60.2 Å². The number of phenolic OH excluding ortho intramolecular Hbond substituents is 1. The molecule has 4 N–H and O–H groups in total. The lowest BCUT2D eigenvalue weighted by molar-refractivity contribution is -0.148. The number of hydrogen-bond donors (Lipinski definition) is 3. The molecule has 43 heavy (non-hydrogen) atoms. The van der Waals surface area contributed by atoms with E-state index in [0.717, 1.165) is 17.9 Å². The summed E-state index contributed by atoms with van der Waals surface area (Å²) >= 11 is 0. The van der Waals surface area contributed by atoms with Crippen molar-refractivity contribution in [2.24, 2.45) is 16.6 Å². The van der Waals surface area contributed by atoms with Gasteiger partial charge in [-0.05, 0) is 50.1 Å². The van der Waals surface area contributed by atoms with Gasteiger partial charge < -0.3 is 34.9 Å². The molecular weight excluding hydrogens is 562 g/mol. The number of likely N-dealkylation sites (N-methyl/N-ethyl adjacent to an activating group) is 1. The lowest BCUT2D eigenvalue weighted by atomic mass is 9.96. The number of nitrogens with zero attached hydrogens (tertiary/aromatic N) is 4. The highest BCUT2D eigenvalue weighted by atomic mass is 19.1. The van der Waals surface area contributed by atoms with Crippen LogP contribution in [0.1, 0.15) is 30.9 Å². The number of carbonyl (C=O) groups is 1. The van der Waals surface area contributed by atoms with Crippen LogP contribution in [0.3, 0.4) is 0 Å². The van der Waals surface area contributed by atoms with E-state index in [0.29, 0.717) is 19.4 Å². The van der Waals surface area contributed by atoms with Crippen molar-refractivity contribution < 1.29 is 32.9 Å². The maximum atomic E-state index is 16.1. The quantitative estimate of drug-likeness (QED) is 0.186. The number of esters is 1. The molecule has 0 bridgehead atoms. The van der Waals surface area contributed by atoms with Crippen LogP contribution >= 0.6 is 0 Å². The van der Waals surface area contributed by atoms with Crippen LogP contribution in [0.5, 0.6) is 29.0 Å². The van der Waals surface area contributed by atoms with Crippen LogP contribution in [-0.2, 0) is 9.53 Å². The van der Waals surface area contributed by atoms with Crippen molar-refractivity contribution in [1.29, 1.82) is 5.41 Å². The van der Waals surface area contributed by atoms with Gasteiger partial charge in [0.15, 0.2) is 11.5 Å². The number of anilines is 1. The minimum absolute atomic E-state index is 0.160. The normalized spacial score (nSPS) is 15.3. The highest BCUT2D eigenvalue weighted by molar-refractivity contribution is 6.00. The number of aliphatic imine (C=N–C) groups is 1. The number of rotatable bonds is 9. The zero-order chi connectivity index (χ0) is 30.7. The van der Waals surface area contributed by atoms with Gasteiger partial charge in [0.05, 0.1) is 19.1 Å². The van der Waals surface area contributed by atoms with Gasteiger partial charge in [0, 0.05) is 37.8 Å². The molecule has 1 aromatic heterocycles. The fourth-order valence-corrected chi connectivity index (χ4v) is 5.02. The zero-order valence-electron chi connectivity index (χ0n) is 23.8. The van der Waals surface area contributed by atoms with Gasteiger partial charge in [0.2, 0.25) is 11.6 Å². The maximum absolute atomic E-state index is 16.1. The van der Waals surface area contributed by atoms with Gasteiger partial charge in [-0.25, -0.2) is 0 Å². The monoisotopic (exact) mass is 594 g/mol. The number of halogens is 2. The summed E-state index contributed by atoms with van der Waals surface area (Å²) in [6.45, 7) is 3.70. The number of nitrogens with two attached hydrogens (primary N) is 1. The summed E-state index contributed by atoms with van der Waals surface area (Å²) in [6.07, 6.45) is 0.650. The topological polar surface area (TPSA) is 147 Å². The van der Waals surface area contributed by atoms with Crippen LogP contribution in [0, 0.1) is 23.0 Å². The van der Waals surface area contributed by atoms with E-state index in [4.69, 9.17) is 25.4 Å². The number of aromatic hydroxyl groups is 1. The predicted octanol–water partition coefficient (Wildman–Crippen LogP) is 4.41. The van der Waals surface area contributed by atoms with Crippen molar-refractivity contribution in [2.75, 3.05) is 44.7 Å². The first-order chi connectivity index (χ1) is 20.7. The van der Waals surface area contributed by atoms with Crippen molar-refractivity contribution >= 4 is 23.3 Å². The summed E-state index contributed by atoms with van der Waals surface area (Å²) < 4.78 is 48.7. The van der Waals surface area contributed by atoms with Crippen molar-refractivity contribution in [2.45, 2.75) is 19.8 Å². The number of aromatic nitrogens is 1. The molecule has 1 saturated heterocycles. The van der Waals surface area contributed by atoms with E-state index < -0.39 is 29.1 Å². The van der Waals surface area contributed by atoms with Crippen molar-refractivity contribution in [3.8, 4) is 29.0 Å². The molecule has 2 aliphatic rings. The Bertz CT molecular complexity index is 1570. The molecule has 0 unspecified atom stereocenters. The Morgan fingerprint density at radius 2 is 1.81 bits per heavy atom. The molecule has 0 saturated carbocycles. The second-order valence-electron chi connectivity index (χ2n) is 10.2. The van der Waals surface area contributed by atoms with Crippen LogP contribution in [0.15, 0.2) is 47.5 Å². The maximum Gasteiger partial charge on any atom is 0.309 e. The fourth-order valence-electron chi connectivity index (χ4n) is 5.02. The first kappa shape index (κ1) is 29.5. The highest BCUT2D eigenvalue weighted by Gasteiger charge is 2.33. The molecule has 13 heteroatoms. The third kappa shape index (κ3) is 6.30. The molecule has 2 aliphatic heterocycles. The van der Waals surface area contributed by atoms with E-state index in [1.54, 1.807) is 25.1 Å². The lowest BCUT2D eigenvalue weighted by Crippen LogP contribution is -2.38. The Balaban J connectivity index is 1.52. The number of piperidine rings is 1. The number of ether oxygens (including phenoxy) is 3. The second-order valence-corrected chi connectivity index (χ2v) is 10.2. The summed E-state index contributed by atoms with van der Waals surface area (Å²) in [4.78, 5) is 24.2. The Morgan fingerprint density at radius 3 is 2.47 bits per heavy atom. The van der Waals surface area contributed by atoms with Crippen LogP contribution in [0.25, 0.3) is 0 Å². The number of carbonyl (C=O) groups excluding carboxylic acids is 1. The standard InChI is InChI=1S/C30H32F2N6O5/c1-3-41-30(40)17-9-12-38(13-10-17)25-23(31)28(42-20-6-4-5-19(15-20)27-35-11-14-37(27)2)36-29(24(25)32)43-22-16-18(26(33)34)7-8-21(22)39/h4-8,15-17,39H,3,9-14H2,1-2H3,(H3,33,34). The Hall–Kier alpha value is -4.94. The van der Waals surface area contributed by atoms with Gasteiger partial charge in [-0.3, -0.25) is 15.2 Å². The molecule has 0 spiro atoms. The molecule has 5 rings (SSSR count). The van der Waals surface area contributed by atoms with Crippen molar-refractivity contribution in [3.05, 3.63) is 65.2 Å². The van der Waals surface area contributed by atoms with Gasteiger partial charge >= 0.3 is 5.97 Å². The lowest BCUT2D eigenvalue weighted by Gasteiger charge is -2.33. The van der Waals surface area contributed by atoms with Gasteiger partial charge in [-0.15, -0.1) is 0 Å². The smallest absolute Gasteiger partial charge is 0.309 e. The average molecular weight is 595 g/mol. The Morgan fingerprint density at radius 1 is 1.09 bits per heavy atom. The predicted molar refractivity (Wildman–Crippen MR) is 155 cm³/mol. The molecule has 3 aromatic rings. The van der Waals surface area contributed by atoms with Crippen LogP contribution < -0.4 is 20.1 Å². The van der Waals surface area contributed by atoms with Gasteiger partial charge in [0.25, 0.3) is 11.8 Å². The summed E-state index contributed by atoms with van der Waals surface area (Å²) in [5, 5.41) is 18.0. The summed E-state index contributed by atoms with van der Waals surface area (Å²) in [7, 11) is 1.91. The fraction of sp³-hybridized carbons (Fsp3) is 0.333. The Kier molecular flexibility index (Phi) is 8.60. The zero-order valence-corrected chi connectivity index (χ0v) is 23.8. The van der Waals surface area contributed by atoms with Crippen molar-refractivity contribution in [3.63, 3.8) is 0 Å². The minimum Gasteiger partial charge on any atom is -0.504 e. The molecule has 0 radical (unpaired) electrons. The van der Waals surface area contributed by atoms with E-state index in [1.165, 1.54) is 23.1 Å². The first-order valence-electron chi connectivity index (χ1n) is 13.9. The number of amidine groups is 2. The van der Waals surface area contributed by atoms with Gasteiger partial charge in [0.1, 0.15) is 23.1 Å². The number of nitrogen functional groups attached to an aromatic ring is 1. The molecule has 0 amide bonds. The van der Waals surface area contributed by atoms with E-state index >= 15 is 8.78 Å². The summed E-state index contributed by atoms with van der Waals surface area (Å²) in [5.74, 6) is -4.05. The third-order valence-electron chi connectivity index (χ3n) is 7.27. The van der Waals surface area contributed by atoms with Crippen LogP contribution in [0.4, 0.5) is 14.5 Å². The SMILES string of the molecule is CCOC(=O)C1CCN(c2c(F)c(Oc3cccc(C4=NCCN4C)c3)nc(Oc3cc(C(=N)N)ccc3O)c2F)CC1. The van der Waals surface area contributed by atoms with Gasteiger partial charge in [-0.2, -0.15) is 13.8 Å². The Labute approximate surface area is 247 Å². The average Bonchev–Trinajstić information content (AvgIpc) is 3.43. The van der Waals surface area contributed by atoms with E-state index in [9.17, 15) is 9.90 Å². The minimum atomic E-state index is -1.12. The molecule has 226 valence electrons. The summed E-state index contributed by atoms with van der Waals surface area (Å²) in [6, 6.07) is 10.7. The number of phenols is 1. The number of benzene rings is 2. The molecule has 3 heterocycles. The van der Waals surface area contributed by atoms with E-state index in [2.05, 4.69) is 9.98 Å². The number of hydrogen-bond acceptors (Lipinski definition) is 10. The molecule has 1 fully saturated rings. The van der Waals surface area contributed by atoms with E-state index in [1.807, 2.05) is 18.0 Å². The molecular formula is C30H32F2N6O5. The highest BCUT2D eigenvalue weighted by Crippen LogP contribution is 2.41. The number of pyridine rings is 1. The number of nitrogens with one attached hydrogen (secondary N) is 1. The summed E-state index contributed by atoms with van der Waals surface area (Å²) in [5.41, 5.74) is 6.08. The van der Waals surface area contributed by atoms with Crippen LogP contribution in [0.2, 0.25) is 0 Å². The molecule has 2 aromatic carbocycles. The molecule has 11 nitrogen and oxygen atoms in total. The third-order valence-corrected chi connectivity index (χ3v) is 7.27. The van der Waals surface area contributed by atoms with Crippen molar-refractivity contribution in [1.82, 2.24) is 9.88 Å². The van der Waals surface area contributed by atoms with Gasteiger partial charge in [-0.1, -0.05) is 12.1 Å². The van der Waals surface area contributed by atoms with Crippen LogP contribution in [-0.4, -0.2) is 72.5 Å².